The Balaban J connectivity index is 1.96. The molecule has 0 N–H and O–H groups in total. The normalized spacial score (nSPS) is 30.5. The Morgan fingerprint density at radius 3 is 2.92 bits per heavy atom. The van der Waals surface area contributed by atoms with Crippen molar-refractivity contribution >= 4 is 0 Å². The van der Waals surface area contributed by atoms with Crippen LogP contribution in [0.4, 0.5) is 0 Å². The summed E-state index contributed by atoms with van der Waals surface area (Å²) < 4.78 is 11.5. The van der Waals surface area contributed by atoms with Crippen molar-refractivity contribution in [2.45, 2.75) is 25.0 Å². The Morgan fingerprint density at radius 1 is 1.23 bits per heavy atom. The predicted octanol–water partition coefficient (Wildman–Crippen LogP) is 2.13. The first-order valence-electron chi connectivity index (χ1n) is 4.79. The Hall–Kier alpha value is -1.02. The highest BCUT2D eigenvalue weighted by Crippen LogP contribution is 2.40. The largest absolute Gasteiger partial charge is 0.462 e. The van der Waals surface area contributed by atoms with Crippen LogP contribution in [0.2, 0.25) is 0 Å². The fraction of sp³-hybridized carbons (Fsp3) is 0.455. The summed E-state index contributed by atoms with van der Waals surface area (Å²) in [6.45, 7) is 0.841. The molecule has 1 atom stereocenters. The molecule has 1 spiro atoms. The third-order valence-corrected chi connectivity index (χ3v) is 2.80. The third-order valence-electron chi connectivity index (χ3n) is 2.80. The first-order chi connectivity index (χ1) is 6.38. The molecule has 2 heterocycles. The van der Waals surface area contributed by atoms with Crippen molar-refractivity contribution in [3.8, 4) is 5.75 Å². The average molecular weight is 176 g/mol. The second-order valence-corrected chi connectivity index (χ2v) is 3.75. The van der Waals surface area contributed by atoms with Crippen molar-refractivity contribution in [2.75, 3.05) is 6.61 Å². The van der Waals surface area contributed by atoms with Crippen molar-refractivity contribution in [3.63, 3.8) is 0 Å². The van der Waals surface area contributed by atoms with Gasteiger partial charge in [0.05, 0.1) is 6.61 Å². The minimum absolute atomic E-state index is 0.302. The Labute approximate surface area is 77.5 Å². The van der Waals surface area contributed by atoms with Gasteiger partial charge in [-0.05, 0) is 12.5 Å². The second-order valence-electron chi connectivity index (χ2n) is 3.75. The van der Waals surface area contributed by atoms with Crippen molar-refractivity contribution < 1.29 is 9.47 Å². The van der Waals surface area contributed by atoms with E-state index < -0.39 is 0 Å². The highest BCUT2D eigenvalue weighted by Gasteiger charge is 2.42. The molecule has 0 amide bonds. The van der Waals surface area contributed by atoms with E-state index in [-0.39, 0.29) is 5.79 Å². The molecule has 1 saturated heterocycles. The predicted molar refractivity (Wildman–Crippen MR) is 48.7 cm³/mol. The highest BCUT2D eigenvalue weighted by molar-refractivity contribution is 5.38. The lowest BCUT2D eigenvalue weighted by atomic mass is 10.1. The summed E-state index contributed by atoms with van der Waals surface area (Å²) in [5, 5.41) is 0. The molecule has 0 saturated carbocycles. The van der Waals surface area contributed by atoms with E-state index >= 15 is 0 Å². The van der Waals surface area contributed by atoms with Crippen LogP contribution in [-0.4, -0.2) is 12.4 Å². The van der Waals surface area contributed by atoms with Gasteiger partial charge in [0.25, 0.3) is 0 Å². The molecular formula is C11H12O2. The van der Waals surface area contributed by atoms with Crippen LogP contribution in [-0.2, 0) is 11.2 Å². The molecule has 2 nitrogen and oxygen atoms in total. The average Bonchev–Trinajstić information content (AvgIpc) is 2.72. The van der Waals surface area contributed by atoms with Crippen LogP contribution >= 0.6 is 0 Å². The van der Waals surface area contributed by atoms with Gasteiger partial charge in [-0.2, -0.15) is 0 Å². The van der Waals surface area contributed by atoms with Crippen LogP contribution in [0.25, 0.3) is 0 Å². The molecule has 0 bridgehead atoms. The van der Waals surface area contributed by atoms with Gasteiger partial charge in [0.2, 0.25) is 5.79 Å². The van der Waals surface area contributed by atoms with E-state index in [1.165, 1.54) is 5.56 Å². The number of ether oxygens (including phenoxy) is 2. The van der Waals surface area contributed by atoms with Gasteiger partial charge in [0.1, 0.15) is 5.75 Å². The van der Waals surface area contributed by atoms with Gasteiger partial charge in [-0.3, -0.25) is 0 Å². The summed E-state index contributed by atoms with van der Waals surface area (Å²) in [7, 11) is 0. The van der Waals surface area contributed by atoms with Crippen LogP contribution in [0.5, 0.6) is 5.75 Å². The molecule has 1 fully saturated rings. The van der Waals surface area contributed by atoms with Crippen LogP contribution in [0.1, 0.15) is 18.4 Å². The minimum atomic E-state index is -0.302. The van der Waals surface area contributed by atoms with Crippen LogP contribution in [0.3, 0.4) is 0 Å². The van der Waals surface area contributed by atoms with Gasteiger partial charge in [-0.1, -0.05) is 18.2 Å². The smallest absolute Gasteiger partial charge is 0.214 e. The van der Waals surface area contributed by atoms with Gasteiger partial charge in [0.15, 0.2) is 0 Å². The molecule has 13 heavy (non-hydrogen) atoms. The number of para-hydroxylation sites is 1. The maximum atomic E-state index is 5.83. The third kappa shape index (κ3) is 1.05. The van der Waals surface area contributed by atoms with Crippen molar-refractivity contribution in [2.24, 2.45) is 0 Å². The quantitative estimate of drug-likeness (QED) is 0.603. The summed E-state index contributed by atoms with van der Waals surface area (Å²) in [5.74, 6) is 0.702. The lowest BCUT2D eigenvalue weighted by Gasteiger charge is -2.21. The minimum Gasteiger partial charge on any atom is -0.462 e. The van der Waals surface area contributed by atoms with E-state index in [4.69, 9.17) is 9.47 Å². The first-order valence-corrected chi connectivity index (χ1v) is 4.79. The van der Waals surface area contributed by atoms with Crippen LogP contribution in [0, 0.1) is 0 Å². The monoisotopic (exact) mass is 176 g/mol. The molecule has 2 aliphatic rings. The Kier molecular flexibility index (Phi) is 1.41. The Morgan fingerprint density at radius 2 is 2.15 bits per heavy atom. The highest BCUT2D eigenvalue weighted by atomic mass is 16.7. The zero-order chi connectivity index (χ0) is 8.73. The number of rotatable bonds is 0. The molecular weight excluding hydrogens is 164 g/mol. The molecule has 0 radical (unpaired) electrons. The molecule has 2 aliphatic heterocycles. The van der Waals surface area contributed by atoms with E-state index in [1.807, 2.05) is 12.1 Å². The van der Waals surface area contributed by atoms with E-state index in [0.717, 1.165) is 31.6 Å². The van der Waals surface area contributed by atoms with Crippen molar-refractivity contribution in [1.29, 1.82) is 0 Å². The standard InChI is InChI=1S/C11H12O2/c1-2-5-10-9(4-1)8-11(13-10)6-3-7-12-11/h1-2,4-5H,3,6-8H2. The van der Waals surface area contributed by atoms with Gasteiger partial charge in [-0.15, -0.1) is 0 Å². The van der Waals surface area contributed by atoms with E-state index in [1.54, 1.807) is 0 Å². The maximum Gasteiger partial charge on any atom is 0.214 e. The SMILES string of the molecule is c1ccc2c(c1)CC1(CCCO1)O2. The summed E-state index contributed by atoms with van der Waals surface area (Å²) in [4.78, 5) is 0. The fourth-order valence-corrected chi connectivity index (χ4v) is 2.17. The lowest BCUT2D eigenvalue weighted by Crippen LogP contribution is -2.32. The van der Waals surface area contributed by atoms with E-state index in [2.05, 4.69) is 12.1 Å². The van der Waals surface area contributed by atoms with Crippen LogP contribution in [0.15, 0.2) is 24.3 Å². The molecule has 68 valence electrons. The summed E-state index contributed by atoms with van der Waals surface area (Å²) >= 11 is 0. The molecule has 0 aromatic heterocycles. The number of hydrogen-bond donors (Lipinski definition) is 0. The molecule has 1 unspecified atom stereocenters. The van der Waals surface area contributed by atoms with Gasteiger partial charge < -0.3 is 9.47 Å². The fourth-order valence-electron chi connectivity index (χ4n) is 2.17. The van der Waals surface area contributed by atoms with Gasteiger partial charge >= 0.3 is 0 Å². The molecule has 2 heteroatoms. The number of benzene rings is 1. The maximum absolute atomic E-state index is 5.83. The lowest BCUT2D eigenvalue weighted by molar-refractivity contribution is -0.134. The van der Waals surface area contributed by atoms with Crippen LogP contribution < -0.4 is 4.74 Å². The first kappa shape index (κ1) is 7.39. The number of hydrogen-bond acceptors (Lipinski definition) is 2. The Bertz CT molecular complexity index is 300. The van der Waals surface area contributed by atoms with E-state index in [9.17, 15) is 0 Å². The zero-order valence-corrected chi connectivity index (χ0v) is 7.45. The summed E-state index contributed by atoms with van der Waals surface area (Å²) in [6.07, 6.45) is 3.07. The molecule has 1 aromatic carbocycles. The topological polar surface area (TPSA) is 18.5 Å². The van der Waals surface area contributed by atoms with Crippen molar-refractivity contribution in [3.05, 3.63) is 29.8 Å². The van der Waals surface area contributed by atoms with E-state index in [0.29, 0.717) is 0 Å². The zero-order valence-electron chi connectivity index (χ0n) is 7.45. The van der Waals surface area contributed by atoms with Crippen molar-refractivity contribution in [1.82, 2.24) is 0 Å². The molecule has 0 aliphatic carbocycles. The van der Waals surface area contributed by atoms with Gasteiger partial charge in [0, 0.05) is 18.4 Å². The summed E-state index contributed by atoms with van der Waals surface area (Å²) in [5.41, 5.74) is 1.28. The number of fused-ring (bicyclic) bond motifs is 1. The van der Waals surface area contributed by atoms with Gasteiger partial charge in [-0.25, -0.2) is 0 Å². The molecule has 3 rings (SSSR count). The molecule has 1 aromatic rings. The summed E-state index contributed by atoms with van der Waals surface area (Å²) in [6, 6.07) is 8.19. The second kappa shape index (κ2) is 2.48.